The van der Waals surface area contributed by atoms with E-state index in [9.17, 15) is 23.1 Å². The molecule has 1 rings (SSSR count). The highest BCUT2D eigenvalue weighted by atomic mass is 19.4. The fourth-order valence-corrected chi connectivity index (χ4v) is 1.79. The maximum absolute atomic E-state index is 12.3. The predicted octanol–water partition coefficient (Wildman–Crippen LogP) is 2.00. The summed E-state index contributed by atoms with van der Waals surface area (Å²) in [7, 11) is 0. The van der Waals surface area contributed by atoms with Gasteiger partial charge in [0, 0.05) is 25.1 Å². The Morgan fingerprint density at radius 3 is 2.18 bits per heavy atom. The van der Waals surface area contributed by atoms with E-state index in [2.05, 4.69) is 6.58 Å². The molecule has 1 fully saturated rings. The van der Waals surface area contributed by atoms with Gasteiger partial charge >= 0.3 is 12.3 Å². The Hall–Kier alpha value is -1.24. The first kappa shape index (κ1) is 13.8. The summed E-state index contributed by atoms with van der Waals surface area (Å²) in [6, 6.07) is 0. The van der Waals surface area contributed by atoms with Gasteiger partial charge in [-0.15, -0.1) is 0 Å². The van der Waals surface area contributed by atoms with E-state index < -0.39 is 29.9 Å². The lowest BCUT2D eigenvalue weighted by atomic mass is 9.85. The molecule has 1 heterocycles. The number of rotatable bonds is 2. The van der Waals surface area contributed by atoms with Gasteiger partial charge in [-0.3, -0.25) is 0 Å². The molecule has 1 saturated heterocycles. The molecule has 0 aromatic carbocycles. The Bertz CT molecular complexity index is 319. The van der Waals surface area contributed by atoms with E-state index in [1.165, 1.54) is 0 Å². The zero-order valence-corrected chi connectivity index (χ0v) is 9.13. The van der Waals surface area contributed by atoms with E-state index in [0.717, 1.165) is 4.90 Å². The lowest BCUT2D eigenvalue weighted by Crippen LogP contribution is -2.46. The molecule has 0 aromatic heterocycles. The number of carboxylic acid groups (broad SMARTS) is 1. The molecule has 0 atom stereocenters. The summed E-state index contributed by atoms with van der Waals surface area (Å²) in [6.45, 7) is 2.98. The Labute approximate surface area is 96.3 Å². The minimum absolute atomic E-state index is 0.00556. The number of nitrogens with zero attached hydrogens (tertiary/aromatic N) is 1. The van der Waals surface area contributed by atoms with Crippen LogP contribution in [0, 0.1) is 0 Å². The van der Waals surface area contributed by atoms with Crippen molar-refractivity contribution in [2.75, 3.05) is 13.1 Å². The van der Waals surface area contributed by atoms with Crippen molar-refractivity contribution in [1.29, 1.82) is 0 Å². The number of piperidine rings is 1. The Kier molecular flexibility index (Phi) is 3.71. The van der Waals surface area contributed by atoms with Crippen molar-refractivity contribution in [3.8, 4) is 0 Å². The second-order valence-electron chi connectivity index (χ2n) is 4.27. The first-order valence-corrected chi connectivity index (χ1v) is 5.09. The molecular formula is C10H14F3NO3. The predicted molar refractivity (Wildman–Crippen MR) is 53.6 cm³/mol. The summed E-state index contributed by atoms with van der Waals surface area (Å²) in [5, 5.41) is 18.6. The van der Waals surface area contributed by atoms with Crippen LogP contribution in [0.25, 0.3) is 0 Å². The fourth-order valence-electron chi connectivity index (χ4n) is 1.79. The maximum atomic E-state index is 12.3. The number of halogens is 3. The third kappa shape index (κ3) is 3.62. The molecule has 0 bridgehead atoms. The third-order valence-corrected chi connectivity index (χ3v) is 2.91. The molecule has 1 amide bonds. The van der Waals surface area contributed by atoms with Crippen LogP contribution in [-0.2, 0) is 0 Å². The summed E-state index contributed by atoms with van der Waals surface area (Å²) >= 11 is 0. The summed E-state index contributed by atoms with van der Waals surface area (Å²) in [5.74, 6) is 0. The molecule has 0 spiro atoms. The molecule has 7 heteroatoms. The van der Waals surface area contributed by atoms with Crippen LogP contribution in [0.1, 0.15) is 19.3 Å². The topological polar surface area (TPSA) is 60.8 Å². The van der Waals surface area contributed by atoms with E-state index >= 15 is 0 Å². The first-order chi connectivity index (χ1) is 7.64. The van der Waals surface area contributed by atoms with Crippen LogP contribution in [0.2, 0.25) is 0 Å². The number of aliphatic hydroxyl groups is 1. The van der Waals surface area contributed by atoms with Crippen molar-refractivity contribution in [2.45, 2.75) is 31.0 Å². The molecule has 98 valence electrons. The molecule has 0 radical (unpaired) electrons. The minimum atomic E-state index is -4.51. The highest BCUT2D eigenvalue weighted by molar-refractivity contribution is 5.65. The van der Waals surface area contributed by atoms with Gasteiger partial charge in [-0.1, -0.05) is 6.58 Å². The standard InChI is InChI=1S/C10H14F3NO3/c1-7(10(11,12)13)6-9(17)2-4-14(5-3-9)8(15)16/h17H,1-6H2,(H,15,16). The molecule has 0 saturated carbocycles. The number of amides is 1. The molecule has 4 nitrogen and oxygen atoms in total. The Morgan fingerprint density at radius 2 is 1.82 bits per heavy atom. The maximum Gasteiger partial charge on any atom is 0.412 e. The average molecular weight is 253 g/mol. The van der Waals surface area contributed by atoms with Gasteiger partial charge in [0.05, 0.1) is 5.60 Å². The van der Waals surface area contributed by atoms with Crippen LogP contribution in [-0.4, -0.2) is 46.1 Å². The highest BCUT2D eigenvalue weighted by Gasteiger charge is 2.40. The molecule has 1 aliphatic rings. The molecule has 17 heavy (non-hydrogen) atoms. The van der Waals surface area contributed by atoms with Crippen LogP contribution < -0.4 is 0 Å². The SMILES string of the molecule is C=C(CC1(O)CCN(C(=O)O)CC1)C(F)(F)F. The number of carbonyl (C=O) groups is 1. The van der Waals surface area contributed by atoms with Crippen molar-refractivity contribution in [2.24, 2.45) is 0 Å². The van der Waals surface area contributed by atoms with Crippen LogP contribution >= 0.6 is 0 Å². The smallest absolute Gasteiger partial charge is 0.412 e. The molecule has 2 N–H and O–H groups in total. The molecule has 0 aromatic rings. The second kappa shape index (κ2) is 4.56. The summed E-state index contributed by atoms with van der Waals surface area (Å²) < 4.78 is 36.8. The summed E-state index contributed by atoms with van der Waals surface area (Å²) in [4.78, 5) is 11.7. The van der Waals surface area contributed by atoms with E-state index in [1.807, 2.05) is 0 Å². The quantitative estimate of drug-likeness (QED) is 0.740. The van der Waals surface area contributed by atoms with Gasteiger partial charge in [-0.2, -0.15) is 13.2 Å². The second-order valence-corrected chi connectivity index (χ2v) is 4.27. The lowest BCUT2D eigenvalue weighted by molar-refractivity contribution is -0.106. The van der Waals surface area contributed by atoms with Crippen LogP contribution in [0.15, 0.2) is 12.2 Å². The monoisotopic (exact) mass is 253 g/mol. The van der Waals surface area contributed by atoms with Crippen molar-refractivity contribution in [3.63, 3.8) is 0 Å². The zero-order valence-electron chi connectivity index (χ0n) is 9.13. The van der Waals surface area contributed by atoms with Gasteiger partial charge in [0.15, 0.2) is 0 Å². The van der Waals surface area contributed by atoms with Crippen molar-refractivity contribution >= 4 is 6.09 Å². The Morgan fingerprint density at radius 1 is 1.35 bits per heavy atom. The number of alkyl halides is 3. The molecule has 0 aliphatic carbocycles. The van der Waals surface area contributed by atoms with E-state index in [0.29, 0.717) is 0 Å². The third-order valence-electron chi connectivity index (χ3n) is 2.91. The van der Waals surface area contributed by atoms with Crippen molar-refractivity contribution in [3.05, 3.63) is 12.2 Å². The Balaban J connectivity index is 2.56. The van der Waals surface area contributed by atoms with Crippen LogP contribution in [0.4, 0.5) is 18.0 Å². The highest BCUT2D eigenvalue weighted by Crippen LogP contribution is 2.35. The van der Waals surface area contributed by atoms with Crippen LogP contribution in [0.5, 0.6) is 0 Å². The van der Waals surface area contributed by atoms with Crippen molar-refractivity contribution < 1.29 is 28.2 Å². The van der Waals surface area contributed by atoms with Crippen molar-refractivity contribution in [1.82, 2.24) is 4.90 Å². The van der Waals surface area contributed by atoms with E-state index in [-0.39, 0.29) is 25.9 Å². The van der Waals surface area contributed by atoms with E-state index in [4.69, 9.17) is 5.11 Å². The molecular weight excluding hydrogens is 239 g/mol. The van der Waals surface area contributed by atoms with E-state index in [1.54, 1.807) is 0 Å². The molecule has 1 aliphatic heterocycles. The largest absolute Gasteiger partial charge is 0.465 e. The summed E-state index contributed by atoms with van der Waals surface area (Å²) in [5.41, 5.74) is -2.48. The number of hydrogen-bond acceptors (Lipinski definition) is 2. The molecule has 0 unspecified atom stereocenters. The minimum Gasteiger partial charge on any atom is -0.465 e. The van der Waals surface area contributed by atoms with Gasteiger partial charge in [0.25, 0.3) is 0 Å². The normalized spacial score (nSPS) is 20.1. The van der Waals surface area contributed by atoms with Gasteiger partial charge in [-0.05, 0) is 12.8 Å². The van der Waals surface area contributed by atoms with Crippen LogP contribution in [0.3, 0.4) is 0 Å². The number of hydrogen-bond donors (Lipinski definition) is 2. The fraction of sp³-hybridized carbons (Fsp3) is 0.700. The summed E-state index contributed by atoms with van der Waals surface area (Å²) in [6.07, 6.45) is -6.21. The zero-order chi connectivity index (χ0) is 13.3. The average Bonchev–Trinajstić information content (AvgIpc) is 2.16. The van der Waals surface area contributed by atoms with Gasteiger partial charge in [0.2, 0.25) is 0 Å². The van der Waals surface area contributed by atoms with Gasteiger partial charge in [0.1, 0.15) is 0 Å². The number of likely N-dealkylation sites (tertiary alicyclic amines) is 1. The van der Waals surface area contributed by atoms with Gasteiger partial charge < -0.3 is 15.1 Å². The lowest BCUT2D eigenvalue weighted by Gasteiger charge is -2.37. The van der Waals surface area contributed by atoms with Gasteiger partial charge in [-0.25, -0.2) is 4.79 Å². The first-order valence-electron chi connectivity index (χ1n) is 5.09.